The molecule has 2 amide bonds. The third kappa shape index (κ3) is 6.38. The smallest absolute Gasteiger partial charge is 0.426 e. The Hall–Kier alpha value is -3.24. The number of carbonyl (C=O) groups is 2. The standard InChI is InChI=1S/C21H22F5N3O3/c1-11(2)18(30)29-17-10-15(9-12(3)27-17)13(4)28-19(31)14-5-7-16(8-6-14)32-21(25,26)20(22,23)24/h5-11,13H,1-4H3,(H,28,31)(H,27,29,30). The van der Waals surface area contributed by atoms with Gasteiger partial charge >= 0.3 is 12.3 Å². The van der Waals surface area contributed by atoms with Crippen LogP contribution in [0.4, 0.5) is 27.8 Å². The van der Waals surface area contributed by atoms with Gasteiger partial charge in [-0.1, -0.05) is 13.8 Å². The first-order valence-corrected chi connectivity index (χ1v) is 9.53. The maximum absolute atomic E-state index is 13.0. The summed E-state index contributed by atoms with van der Waals surface area (Å²) in [6.45, 7) is 6.87. The number of nitrogens with zero attached hydrogens (tertiary/aromatic N) is 1. The lowest BCUT2D eigenvalue weighted by molar-refractivity contribution is -0.360. The molecule has 0 spiro atoms. The monoisotopic (exact) mass is 459 g/mol. The highest BCUT2D eigenvalue weighted by molar-refractivity contribution is 5.94. The molecule has 0 saturated carbocycles. The van der Waals surface area contributed by atoms with Crippen molar-refractivity contribution in [2.24, 2.45) is 5.92 Å². The van der Waals surface area contributed by atoms with E-state index in [4.69, 9.17) is 0 Å². The number of rotatable bonds is 7. The molecule has 1 unspecified atom stereocenters. The molecule has 0 fully saturated rings. The Morgan fingerprint density at radius 2 is 1.59 bits per heavy atom. The van der Waals surface area contributed by atoms with Crippen molar-refractivity contribution in [3.8, 4) is 5.75 Å². The van der Waals surface area contributed by atoms with Crippen molar-refractivity contribution in [2.45, 2.75) is 46.0 Å². The van der Waals surface area contributed by atoms with E-state index in [0.717, 1.165) is 24.3 Å². The second-order valence-corrected chi connectivity index (χ2v) is 7.41. The minimum absolute atomic E-state index is 0.0265. The first-order valence-electron chi connectivity index (χ1n) is 9.53. The van der Waals surface area contributed by atoms with Gasteiger partial charge in [0, 0.05) is 17.2 Å². The molecule has 0 bridgehead atoms. The third-order valence-electron chi connectivity index (χ3n) is 4.29. The Bertz CT molecular complexity index is 976. The number of hydrogen-bond donors (Lipinski definition) is 2. The Kier molecular flexibility index (Phi) is 7.42. The molecule has 174 valence electrons. The van der Waals surface area contributed by atoms with Crippen LogP contribution in [-0.2, 0) is 4.79 Å². The Balaban J connectivity index is 2.09. The first kappa shape index (κ1) is 25.0. The van der Waals surface area contributed by atoms with Crippen molar-refractivity contribution < 1.29 is 36.3 Å². The van der Waals surface area contributed by atoms with Crippen molar-refractivity contribution in [2.75, 3.05) is 5.32 Å². The number of pyridine rings is 1. The third-order valence-corrected chi connectivity index (χ3v) is 4.29. The van der Waals surface area contributed by atoms with Gasteiger partial charge < -0.3 is 15.4 Å². The lowest BCUT2D eigenvalue weighted by atomic mass is 10.1. The summed E-state index contributed by atoms with van der Waals surface area (Å²) in [4.78, 5) is 28.6. The minimum Gasteiger partial charge on any atom is -0.426 e. The van der Waals surface area contributed by atoms with Crippen LogP contribution < -0.4 is 15.4 Å². The summed E-state index contributed by atoms with van der Waals surface area (Å²) in [7, 11) is 0. The topological polar surface area (TPSA) is 80.3 Å². The van der Waals surface area contributed by atoms with Crippen LogP contribution in [0.3, 0.4) is 0 Å². The van der Waals surface area contributed by atoms with E-state index in [2.05, 4.69) is 20.4 Å². The van der Waals surface area contributed by atoms with Gasteiger partial charge in [0.05, 0.1) is 6.04 Å². The Labute approximate surface area is 181 Å². The number of aromatic nitrogens is 1. The van der Waals surface area contributed by atoms with E-state index >= 15 is 0 Å². The Morgan fingerprint density at radius 3 is 2.12 bits per heavy atom. The van der Waals surface area contributed by atoms with Gasteiger partial charge in [-0.2, -0.15) is 22.0 Å². The number of anilines is 1. The lowest BCUT2D eigenvalue weighted by Gasteiger charge is -2.20. The molecule has 1 aromatic carbocycles. The van der Waals surface area contributed by atoms with Crippen LogP contribution in [0, 0.1) is 12.8 Å². The van der Waals surface area contributed by atoms with E-state index in [1.807, 2.05) is 0 Å². The molecule has 2 aromatic rings. The zero-order valence-electron chi connectivity index (χ0n) is 17.7. The van der Waals surface area contributed by atoms with E-state index < -0.39 is 30.0 Å². The van der Waals surface area contributed by atoms with Gasteiger partial charge in [-0.15, -0.1) is 0 Å². The van der Waals surface area contributed by atoms with Crippen molar-refractivity contribution in [1.29, 1.82) is 0 Å². The lowest BCUT2D eigenvalue weighted by Crippen LogP contribution is -2.41. The van der Waals surface area contributed by atoms with Crippen LogP contribution in [0.2, 0.25) is 0 Å². The first-order chi connectivity index (χ1) is 14.7. The zero-order valence-corrected chi connectivity index (χ0v) is 17.7. The summed E-state index contributed by atoms with van der Waals surface area (Å²) in [6, 6.07) is 6.61. The maximum Gasteiger partial charge on any atom is 0.499 e. The predicted octanol–water partition coefficient (Wildman–Crippen LogP) is 5.01. The summed E-state index contributed by atoms with van der Waals surface area (Å²) in [5.41, 5.74) is 1.28. The number of amides is 2. The summed E-state index contributed by atoms with van der Waals surface area (Å²) in [5, 5.41) is 5.37. The number of hydrogen-bond acceptors (Lipinski definition) is 4. The number of nitrogens with one attached hydrogen (secondary N) is 2. The van der Waals surface area contributed by atoms with E-state index in [9.17, 15) is 31.5 Å². The molecule has 11 heteroatoms. The summed E-state index contributed by atoms with van der Waals surface area (Å²) in [5.74, 6) is -1.47. The quantitative estimate of drug-likeness (QED) is 0.571. The van der Waals surface area contributed by atoms with Crippen molar-refractivity contribution in [1.82, 2.24) is 10.3 Å². The molecule has 0 aliphatic carbocycles. The molecular weight excluding hydrogens is 437 g/mol. The van der Waals surface area contributed by atoms with Crippen molar-refractivity contribution in [3.63, 3.8) is 0 Å². The molecule has 2 rings (SSSR count). The fraction of sp³-hybridized carbons (Fsp3) is 0.381. The molecular formula is C21H22F5N3O3. The largest absolute Gasteiger partial charge is 0.499 e. The summed E-state index contributed by atoms with van der Waals surface area (Å²) >= 11 is 0. The van der Waals surface area contributed by atoms with Gasteiger partial charge in [0.1, 0.15) is 11.6 Å². The molecule has 0 radical (unpaired) electrons. The van der Waals surface area contributed by atoms with Crippen LogP contribution in [-0.4, -0.2) is 29.1 Å². The fourth-order valence-electron chi connectivity index (χ4n) is 2.52. The molecule has 0 aliphatic heterocycles. The van der Waals surface area contributed by atoms with Gasteiger partial charge in [-0.25, -0.2) is 4.98 Å². The van der Waals surface area contributed by atoms with Crippen molar-refractivity contribution in [3.05, 3.63) is 53.2 Å². The van der Waals surface area contributed by atoms with Gasteiger partial charge in [0.15, 0.2) is 0 Å². The average molecular weight is 459 g/mol. The van der Waals surface area contributed by atoms with E-state index in [1.54, 1.807) is 39.8 Å². The highest BCUT2D eigenvalue weighted by Crippen LogP contribution is 2.37. The molecule has 6 nitrogen and oxygen atoms in total. The van der Waals surface area contributed by atoms with Gasteiger partial charge in [-0.3, -0.25) is 9.59 Å². The van der Waals surface area contributed by atoms with Gasteiger partial charge in [-0.05, 0) is 55.8 Å². The second kappa shape index (κ2) is 9.49. The predicted molar refractivity (Wildman–Crippen MR) is 106 cm³/mol. The number of carbonyl (C=O) groups excluding carboxylic acids is 2. The molecule has 2 N–H and O–H groups in total. The molecule has 32 heavy (non-hydrogen) atoms. The molecule has 1 heterocycles. The highest BCUT2D eigenvalue weighted by Gasteiger charge is 2.61. The molecule has 0 saturated heterocycles. The average Bonchev–Trinajstić information content (AvgIpc) is 2.66. The number of halogens is 5. The van der Waals surface area contributed by atoms with Crippen LogP contribution >= 0.6 is 0 Å². The number of benzene rings is 1. The Morgan fingerprint density at radius 1 is 1.00 bits per heavy atom. The molecule has 0 aliphatic rings. The minimum atomic E-state index is -5.87. The molecule has 1 atom stereocenters. The SMILES string of the molecule is Cc1cc(C(C)NC(=O)c2ccc(OC(F)(F)C(F)(F)F)cc2)cc(NC(=O)C(C)C)n1. The number of alkyl halides is 5. The highest BCUT2D eigenvalue weighted by atomic mass is 19.4. The molecule has 1 aromatic heterocycles. The van der Waals surface area contributed by atoms with Gasteiger partial charge in [0.2, 0.25) is 5.91 Å². The zero-order chi connectivity index (χ0) is 24.3. The van der Waals surface area contributed by atoms with Crippen LogP contribution in [0.1, 0.15) is 48.4 Å². The van der Waals surface area contributed by atoms with E-state index in [0.29, 0.717) is 17.1 Å². The van der Waals surface area contributed by atoms with Crippen LogP contribution in [0.25, 0.3) is 0 Å². The fourth-order valence-corrected chi connectivity index (χ4v) is 2.52. The summed E-state index contributed by atoms with van der Waals surface area (Å²) in [6.07, 6.45) is -11.2. The van der Waals surface area contributed by atoms with Crippen LogP contribution in [0.15, 0.2) is 36.4 Å². The van der Waals surface area contributed by atoms with E-state index in [-0.39, 0.29) is 17.4 Å². The van der Waals surface area contributed by atoms with Crippen molar-refractivity contribution >= 4 is 17.6 Å². The normalized spacial score (nSPS) is 12.9. The summed E-state index contributed by atoms with van der Waals surface area (Å²) < 4.78 is 66.3. The van der Waals surface area contributed by atoms with Gasteiger partial charge in [0.25, 0.3) is 5.91 Å². The second-order valence-electron chi connectivity index (χ2n) is 7.41. The number of ether oxygens (including phenoxy) is 1. The maximum atomic E-state index is 13.0. The number of aryl methyl sites for hydroxylation is 1. The van der Waals surface area contributed by atoms with Crippen LogP contribution in [0.5, 0.6) is 5.75 Å². The van der Waals surface area contributed by atoms with E-state index in [1.165, 1.54) is 0 Å².